The van der Waals surface area contributed by atoms with E-state index in [4.69, 9.17) is 10.5 Å². The number of benzene rings is 1. The van der Waals surface area contributed by atoms with Crippen molar-refractivity contribution in [1.29, 1.82) is 0 Å². The van der Waals surface area contributed by atoms with Crippen molar-refractivity contribution in [3.05, 3.63) is 34.3 Å². The van der Waals surface area contributed by atoms with E-state index in [9.17, 15) is 0 Å². The van der Waals surface area contributed by atoms with Gasteiger partial charge < -0.3 is 15.4 Å². The first-order valence-electron chi connectivity index (χ1n) is 6.74. The number of ether oxygens (including phenoxy) is 1. The summed E-state index contributed by atoms with van der Waals surface area (Å²) < 4.78 is 5.66. The van der Waals surface area contributed by atoms with Gasteiger partial charge in [0.1, 0.15) is 5.75 Å². The van der Waals surface area contributed by atoms with Gasteiger partial charge in [0.25, 0.3) is 0 Å². The van der Waals surface area contributed by atoms with E-state index in [1.165, 1.54) is 0 Å². The van der Waals surface area contributed by atoms with Gasteiger partial charge in [0, 0.05) is 35.9 Å². The third kappa shape index (κ3) is 3.87. The van der Waals surface area contributed by atoms with Crippen molar-refractivity contribution in [2.75, 3.05) is 24.3 Å². The second kappa shape index (κ2) is 6.61. The van der Waals surface area contributed by atoms with Crippen LogP contribution in [0, 0.1) is 6.92 Å². The lowest BCUT2D eigenvalue weighted by Gasteiger charge is -2.19. The molecule has 0 atom stereocenters. The zero-order valence-electron chi connectivity index (χ0n) is 12.2. The molecule has 0 fully saturated rings. The average Bonchev–Trinajstić information content (AvgIpc) is 2.81. The second-order valence-corrected chi connectivity index (χ2v) is 5.88. The van der Waals surface area contributed by atoms with Gasteiger partial charge in [0.2, 0.25) is 0 Å². The predicted octanol–water partition coefficient (Wildman–Crippen LogP) is 3.46. The van der Waals surface area contributed by atoms with Crippen molar-refractivity contribution >= 4 is 22.7 Å². The van der Waals surface area contributed by atoms with Crippen LogP contribution in [0.25, 0.3) is 0 Å². The molecular weight excluding hydrogens is 270 g/mol. The summed E-state index contributed by atoms with van der Waals surface area (Å²) in [5, 5.41) is 3.18. The topological polar surface area (TPSA) is 51.4 Å². The fourth-order valence-electron chi connectivity index (χ4n) is 1.94. The minimum atomic E-state index is 0.706. The summed E-state index contributed by atoms with van der Waals surface area (Å²) >= 11 is 1.67. The smallest absolute Gasteiger partial charge is 0.123 e. The molecule has 1 aromatic heterocycles. The molecule has 2 N–H and O–H groups in total. The Morgan fingerprint density at radius 2 is 2.15 bits per heavy atom. The van der Waals surface area contributed by atoms with Gasteiger partial charge in [-0.05, 0) is 19.4 Å². The zero-order valence-corrected chi connectivity index (χ0v) is 13.0. The number of hydrogen-bond acceptors (Lipinski definition) is 5. The number of aryl methyl sites for hydroxylation is 1. The van der Waals surface area contributed by atoms with Crippen LogP contribution in [0.5, 0.6) is 5.75 Å². The predicted molar refractivity (Wildman–Crippen MR) is 85.6 cm³/mol. The van der Waals surface area contributed by atoms with Crippen LogP contribution in [0.1, 0.15) is 24.0 Å². The highest BCUT2D eigenvalue weighted by molar-refractivity contribution is 7.09. The molecule has 2 rings (SSSR count). The molecule has 0 unspecified atom stereocenters. The Labute approximate surface area is 124 Å². The van der Waals surface area contributed by atoms with Crippen molar-refractivity contribution in [2.24, 2.45) is 0 Å². The highest BCUT2D eigenvalue weighted by Crippen LogP contribution is 2.26. The van der Waals surface area contributed by atoms with Crippen LogP contribution in [0.4, 0.5) is 11.4 Å². The van der Waals surface area contributed by atoms with Crippen molar-refractivity contribution in [1.82, 2.24) is 4.98 Å². The van der Waals surface area contributed by atoms with Crippen LogP contribution in [0.15, 0.2) is 23.6 Å². The minimum Gasteiger partial charge on any atom is -0.493 e. The molecule has 2 aromatic rings. The van der Waals surface area contributed by atoms with Crippen molar-refractivity contribution in [2.45, 2.75) is 26.8 Å². The fraction of sp³-hybridized carbons (Fsp3) is 0.400. The molecule has 0 aliphatic rings. The third-order valence-corrected chi connectivity index (χ3v) is 3.72. The standard InChI is InChI=1S/C15H21N3OS/c1-4-5-19-15-7-12(16)6-14(8-15)18(3)9-13-10-20-11(2)17-13/h6-8,10H,4-5,9,16H2,1-3H3. The number of aromatic nitrogens is 1. The molecule has 0 aliphatic heterocycles. The van der Waals surface area contributed by atoms with Gasteiger partial charge in [-0.25, -0.2) is 4.98 Å². The Morgan fingerprint density at radius 1 is 1.35 bits per heavy atom. The molecule has 20 heavy (non-hydrogen) atoms. The molecule has 0 saturated carbocycles. The van der Waals surface area contributed by atoms with Gasteiger partial charge >= 0.3 is 0 Å². The average molecular weight is 291 g/mol. The monoisotopic (exact) mass is 291 g/mol. The molecule has 5 heteroatoms. The lowest BCUT2D eigenvalue weighted by Crippen LogP contribution is -2.17. The van der Waals surface area contributed by atoms with Gasteiger partial charge in [-0.1, -0.05) is 6.92 Å². The summed E-state index contributed by atoms with van der Waals surface area (Å²) in [4.78, 5) is 6.61. The first kappa shape index (κ1) is 14.7. The lowest BCUT2D eigenvalue weighted by molar-refractivity contribution is 0.317. The summed E-state index contributed by atoms with van der Waals surface area (Å²) in [6.07, 6.45) is 0.984. The zero-order chi connectivity index (χ0) is 14.5. The quantitative estimate of drug-likeness (QED) is 0.828. The van der Waals surface area contributed by atoms with E-state index in [0.29, 0.717) is 6.61 Å². The van der Waals surface area contributed by atoms with Crippen LogP contribution >= 0.6 is 11.3 Å². The molecule has 0 amide bonds. The summed E-state index contributed by atoms with van der Waals surface area (Å²) in [6.45, 7) is 5.58. The molecular formula is C15H21N3OS. The van der Waals surface area contributed by atoms with E-state index < -0.39 is 0 Å². The maximum absolute atomic E-state index is 5.95. The Bertz CT molecular complexity index is 568. The van der Waals surface area contributed by atoms with Gasteiger partial charge in [-0.15, -0.1) is 11.3 Å². The SMILES string of the molecule is CCCOc1cc(N)cc(N(C)Cc2csc(C)n2)c1. The molecule has 0 saturated heterocycles. The van der Waals surface area contributed by atoms with E-state index in [1.807, 2.05) is 32.2 Å². The molecule has 0 spiro atoms. The molecule has 0 aliphatic carbocycles. The number of thiazole rings is 1. The maximum Gasteiger partial charge on any atom is 0.123 e. The highest BCUT2D eigenvalue weighted by Gasteiger charge is 2.07. The van der Waals surface area contributed by atoms with Crippen molar-refractivity contribution in [3.63, 3.8) is 0 Å². The Hall–Kier alpha value is -1.75. The fourth-order valence-corrected chi connectivity index (χ4v) is 2.55. The highest BCUT2D eigenvalue weighted by atomic mass is 32.1. The van der Waals surface area contributed by atoms with Crippen LogP contribution in [-0.2, 0) is 6.54 Å². The Morgan fingerprint density at radius 3 is 2.80 bits per heavy atom. The summed E-state index contributed by atoms with van der Waals surface area (Å²) in [5.74, 6) is 0.822. The van der Waals surface area contributed by atoms with Gasteiger partial charge in [-0.2, -0.15) is 0 Å². The first-order chi connectivity index (χ1) is 9.58. The first-order valence-corrected chi connectivity index (χ1v) is 7.62. The summed E-state index contributed by atoms with van der Waals surface area (Å²) in [6, 6.07) is 5.84. The molecule has 108 valence electrons. The maximum atomic E-state index is 5.95. The summed E-state index contributed by atoms with van der Waals surface area (Å²) in [7, 11) is 2.03. The van der Waals surface area contributed by atoms with Gasteiger partial charge in [0.15, 0.2) is 0 Å². The van der Waals surface area contributed by atoms with Crippen LogP contribution in [-0.4, -0.2) is 18.6 Å². The number of rotatable bonds is 6. The molecule has 1 heterocycles. The number of nitrogen functional groups attached to an aromatic ring is 1. The van der Waals surface area contributed by atoms with E-state index in [0.717, 1.165) is 40.8 Å². The van der Waals surface area contributed by atoms with Crippen molar-refractivity contribution < 1.29 is 4.74 Å². The number of nitrogens with zero attached hydrogens (tertiary/aromatic N) is 2. The number of hydrogen-bond donors (Lipinski definition) is 1. The molecule has 0 bridgehead atoms. The number of anilines is 2. The van der Waals surface area contributed by atoms with E-state index in [-0.39, 0.29) is 0 Å². The van der Waals surface area contributed by atoms with Crippen LogP contribution in [0.2, 0.25) is 0 Å². The third-order valence-electron chi connectivity index (χ3n) is 2.89. The molecule has 1 aromatic carbocycles. The van der Waals surface area contributed by atoms with Gasteiger partial charge in [-0.3, -0.25) is 0 Å². The minimum absolute atomic E-state index is 0.706. The van der Waals surface area contributed by atoms with Crippen molar-refractivity contribution in [3.8, 4) is 5.75 Å². The lowest BCUT2D eigenvalue weighted by atomic mass is 10.2. The van der Waals surface area contributed by atoms with Crippen LogP contribution in [0.3, 0.4) is 0 Å². The van der Waals surface area contributed by atoms with E-state index in [1.54, 1.807) is 11.3 Å². The molecule has 4 nitrogen and oxygen atoms in total. The van der Waals surface area contributed by atoms with E-state index >= 15 is 0 Å². The van der Waals surface area contributed by atoms with E-state index in [2.05, 4.69) is 22.2 Å². The Balaban J connectivity index is 2.12. The normalized spacial score (nSPS) is 10.6. The number of nitrogens with two attached hydrogens (primary N) is 1. The van der Waals surface area contributed by atoms with Crippen LogP contribution < -0.4 is 15.4 Å². The summed E-state index contributed by atoms with van der Waals surface area (Å²) in [5.41, 5.74) is 8.78. The largest absolute Gasteiger partial charge is 0.493 e. The molecule has 0 radical (unpaired) electrons. The Kier molecular flexibility index (Phi) is 4.84. The van der Waals surface area contributed by atoms with Gasteiger partial charge in [0.05, 0.1) is 23.9 Å². The second-order valence-electron chi connectivity index (χ2n) is 4.82.